The molecule has 0 saturated heterocycles. The lowest BCUT2D eigenvalue weighted by molar-refractivity contribution is 0.102. The second kappa shape index (κ2) is 8.54. The molecule has 0 radical (unpaired) electrons. The summed E-state index contributed by atoms with van der Waals surface area (Å²) in [5.74, 6) is -1.04. The van der Waals surface area contributed by atoms with Gasteiger partial charge < -0.3 is 10.2 Å². The smallest absolute Gasteiger partial charge is 0.261 e. The van der Waals surface area contributed by atoms with E-state index in [1.54, 1.807) is 6.07 Å². The maximum Gasteiger partial charge on any atom is 0.261 e. The highest BCUT2D eigenvalue weighted by molar-refractivity contribution is 7.92. The van der Waals surface area contributed by atoms with Crippen molar-refractivity contribution in [3.8, 4) is 0 Å². The molecule has 0 aromatic heterocycles. The number of benzene rings is 3. The summed E-state index contributed by atoms with van der Waals surface area (Å²) in [4.78, 5) is 14.4. The minimum atomic E-state index is -3.98. The van der Waals surface area contributed by atoms with Gasteiger partial charge in [0.1, 0.15) is 5.82 Å². The van der Waals surface area contributed by atoms with E-state index in [0.717, 1.165) is 17.3 Å². The van der Waals surface area contributed by atoms with Crippen molar-refractivity contribution in [3.63, 3.8) is 0 Å². The van der Waals surface area contributed by atoms with Crippen LogP contribution in [0.4, 0.5) is 21.5 Å². The molecule has 0 aliphatic heterocycles. The molecule has 0 saturated carbocycles. The molecule has 6 nitrogen and oxygen atoms in total. The summed E-state index contributed by atoms with van der Waals surface area (Å²) in [6.45, 7) is 1.95. The summed E-state index contributed by atoms with van der Waals surface area (Å²) in [6.07, 6.45) is 0. The van der Waals surface area contributed by atoms with E-state index in [4.69, 9.17) is 0 Å². The third-order valence-corrected chi connectivity index (χ3v) is 5.86. The minimum Gasteiger partial charge on any atom is -0.377 e. The van der Waals surface area contributed by atoms with Gasteiger partial charge >= 0.3 is 0 Å². The first-order valence-corrected chi connectivity index (χ1v) is 10.6. The van der Waals surface area contributed by atoms with Crippen molar-refractivity contribution in [3.05, 3.63) is 83.7 Å². The Morgan fingerprint density at radius 2 is 1.63 bits per heavy atom. The zero-order valence-corrected chi connectivity index (χ0v) is 17.6. The average molecular weight is 428 g/mol. The number of halogens is 1. The van der Waals surface area contributed by atoms with Crippen LogP contribution in [0.2, 0.25) is 0 Å². The Morgan fingerprint density at radius 3 is 2.23 bits per heavy atom. The van der Waals surface area contributed by atoms with Crippen molar-refractivity contribution in [1.82, 2.24) is 0 Å². The predicted octanol–water partition coefficient (Wildman–Crippen LogP) is 4.25. The van der Waals surface area contributed by atoms with Crippen LogP contribution in [0.5, 0.6) is 0 Å². The molecule has 0 heterocycles. The normalized spacial score (nSPS) is 11.1. The van der Waals surface area contributed by atoms with Crippen LogP contribution in [0.1, 0.15) is 15.9 Å². The zero-order chi connectivity index (χ0) is 21.9. The predicted molar refractivity (Wildman–Crippen MR) is 117 cm³/mol. The number of nitrogens with zero attached hydrogens (tertiary/aromatic N) is 1. The molecular weight excluding hydrogens is 405 g/mol. The van der Waals surface area contributed by atoms with E-state index in [1.807, 2.05) is 38.1 Å². The summed E-state index contributed by atoms with van der Waals surface area (Å²) in [6, 6.07) is 16.5. The number of carbonyl (C=O) groups is 1. The Labute approximate surface area is 175 Å². The molecule has 3 aromatic carbocycles. The van der Waals surface area contributed by atoms with Crippen LogP contribution < -0.4 is 14.9 Å². The molecular formula is C22H22FN3O3S. The van der Waals surface area contributed by atoms with Gasteiger partial charge in [-0.2, -0.15) is 0 Å². The van der Waals surface area contributed by atoms with E-state index in [-0.39, 0.29) is 16.5 Å². The fraction of sp³-hybridized carbons (Fsp3) is 0.136. The Kier molecular flexibility index (Phi) is 6.07. The minimum absolute atomic E-state index is 0.0755. The maximum atomic E-state index is 13.7. The Bertz CT molecular complexity index is 1180. The van der Waals surface area contributed by atoms with Crippen molar-refractivity contribution in [2.24, 2.45) is 0 Å². The van der Waals surface area contributed by atoms with Crippen LogP contribution in [-0.2, 0) is 10.0 Å². The number of nitrogens with one attached hydrogen (secondary N) is 2. The van der Waals surface area contributed by atoms with E-state index in [2.05, 4.69) is 10.0 Å². The van der Waals surface area contributed by atoms with E-state index in [9.17, 15) is 17.6 Å². The molecule has 0 bridgehead atoms. The van der Waals surface area contributed by atoms with Crippen molar-refractivity contribution in [1.29, 1.82) is 0 Å². The molecule has 0 atom stereocenters. The van der Waals surface area contributed by atoms with E-state index in [0.29, 0.717) is 11.3 Å². The number of hydrogen-bond donors (Lipinski definition) is 2. The molecule has 8 heteroatoms. The molecule has 30 heavy (non-hydrogen) atoms. The topological polar surface area (TPSA) is 78.5 Å². The summed E-state index contributed by atoms with van der Waals surface area (Å²) in [5.41, 5.74) is 2.86. The van der Waals surface area contributed by atoms with Gasteiger partial charge in [0.25, 0.3) is 15.9 Å². The monoisotopic (exact) mass is 427 g/mol. The van der Waals surface area contributed by atoms with Crippen molar-refractivity contribution in [2.45, 2.75) is 11.8 Å². The van der Waals surface area contributed by atoms with Crippen LogP contribution in [-0.4, -0.2) is 28.4 Å². The first-order chi connectivity index (χ1) is 14.2. The highest BCUT2D eigenvalue weighted by Crippen LogP contribution is 2.23. The van der Waals surface area contributed by atoms with Crippen LogP contribution in [0, 0.1) is 12.7 Å². The van der Waals surface area contributed by atoms with Gasteiger partial charge in [-0.3, -0.25) is 9.52 Å². The van der Waals surface area contributed by atoms with Crippen molar-refractivity contribution >= 4 is 33.0 Å². The number of anilines is 3. The Morgan fingerprint density at radius 1 is 0.967 bits per heavy atom. The molecule has 3 aromatic rings. The van der Waals surface area contributed by atoms with Crippen LogP contribution in [0.3, 0.4) is 0 Å². The summed E-state index contributed by atoms with van der Waals surface area (Å²) < 4.78 is 40.9. The van der Waals surface area contributed by atoms with E-state index in [1.165, 1.54) is 42.5 Å². The summed E-state index contributed by atoms with van der Waals surface area (Å²) in [5, 5.41) is 2.80. The molecule has 0 fully saturated rings. The molecule has 0 aliphatic carbocycles. The second-order valence-corrected chi connectivity index (χ2v) is 8.64. The number of hydrogen-bond acceptors (Lipinski definition) is 4. The largest absolute Gasteiger partial charge is 0.377 e. The van der Waals surface area contributed by atoms with Gasteiger partial charge in [0.2, 0.25) is 0 Å². The van der Waals surface area contributed by atoms with Gasteiger partial charge in [0.05, 0.1) is 10.6 Å². The van der Waals surface area contributed by atoms with Crippen LogP contribution >= 0.6 is 0 Å². The SMILES string of the molecule is Cc1cc(NC(=O)c2ccc(S(=O)(=O)Nc3ccccc3F)cc2)ccc1N(C)C. The lowest BCUT2D eigenvalue weighted by Gasteiger charge is -2.16. The highest BCUT2D eigenvalue weighted by atomic mass is 32.2. The quantitative estimate of drug-likeness (QED) is 0.616. The second-order valence-electron chi connectivity index (χ2n) is 6.96. The van der Waals surface area contributed by atoms with Crippen molar-refractivity contribution in [2.75, 3.05) is 29.0 Å². The van der Waals surface area contributed by atoms with Gasteiger partial charge in [0.15, 0.2) is 0 Å². The standard InChI is InChI=1S/C22H22FN3O3S/c1-15-14-17(10-13-21(15)26(2)3)24-22(27)16-8-11-18(12-9-16)30(28,29)25-20-7-5-4-6-19(20)23/h4-14,25H,1-3H3,(H,24,27). The van der Waals surface area contributed by atoms with Gasteiger partial charge in [-0.15, -0.1) is 0 Å². The maximum absolute atomic E-state index is 13.7. The molecule has 1 amide bonds. The van der Waals surface area contributed by atoms with Gasteiger partial charge in [-0.05, 0) is 67.1 Å². The molecule has 156 valence electrons. The third kappa shape index (κ3) is 4.77. The first-order valence-electron chi connectivity index (χ1n) is 9.14. The highest BCUT2D eigenvalue weighted by Gasteiger charge is 2.17. The lowest BCUT2D eigenvalue weighted by Crippen LogP contribution is -2.15. The third-order valence-electron chi connectivity index (χ3n) is 4.48. The number of rotatable bonds is 6. The van der Waals surface area contributed by atoms with Crippen LogP contribution in [0.25, 0.3) is 0 Å². The van der Waals surface area contributed by atoms with Gasteiger partial charge in [0, 0.05) is 31.0 Å². The first kappa shape index (κ1) is 21.3. The number of aryl methyl sites for hydroxylation is 1. The number of sulfonamides is 1. The summed E-state index contributed by atoms with van der Waals surface area (Å²) >= 11 is 0. The molecule has 0 aliphatic rings. The van der Waals surface area contributed by atoms with E-state index >= 15 is 0 Å². The number of amides is 1. The van der Waals surface area contributed by atoms with E-state index < -0.39 is 15.8 Å². The van der Waals surface area contributed by atoms with Gasteiger partial charge in [-0.1, -0.05) is 12.1 Å². The van der Waals surface area contributed by atoms with Gasteiger partial charge in [-0.25, -0.2) is 12.8 Å². The summed E-state index contributed by atoms with van der Waals surface area (Å²) in [7, 11) is -0.0987. The fourth-order valence-electron chi connectivity index (χ4n) is 2.97. The molecule has 2 N–H and O–H groups in total. The number of carbonyl (C=O) groups excluding carboxylic acids is 1. The molecule has 0 spiro atoms. The van der Waals surface area contributed by atoms with Crippen molar-refractivity contribution < 1.29 is 17.6 Å². The Hall–Kier alpha value is -3.39. The molecule has 3 rings (SSSR count). The average Bonchev–Trinajstić information content (AvgIpc) is 2.69. The van der Waals surface area contributed by atoms with Crippen LogP contribution in [0.15, 0.2) is 71.6 Å². The zero-order valence-electron chi connectivity index (χ0n) is 16.8. The molecule has 0 unspecified atom stereocenters. The lowest BCUT2D eigenvalue weighted by atomic mass is 10.1. The number of para-hydroxylation sites is 1. The fourth-order valence-corrected chi connectivity index (χ4v) is 4.04. The Balaban J connectivity index is 1.74.